The van der Waals surface area contributed by atoms with E-state index in [0.717, 1.165) is 13.1 Å². The Kier molecular flexibility index (Phi) is 6.99. The van der Waals surface area contributed by atoms with Gasteiger partial charge < -0.3 is 14.9 Å². The Morgan fingerprint density at radius 3 is 2.31 bits per heavy atom. The van der Waals surface area contributed by atoms with Gasteiger partial charge in [-0.25, -0.2) is 4.39 Å². The number of carbonyl (C=O) groups excluding carboxylic acids is 2. The first kappa shape index (κ1) is 23.1. The molecule has 0 saturated carbocycles. The third-order valence-electron chi connectivity index (χ3n) is 5.64. The van der Waals surface area contributed by atoms with Gasteiger partial charge in [-0.3, -0.25) is 19.7 Å². The number of aliphatic hydroxyl groups is 1. The van der Waals surface area contributed by atoms with Crippen LogP contribution in [0.15, 0.2) is 54.1 Å². The molecule has 2 aromatic carbocycles. The molecule has 1 heterocycles. The van der Waals surface area contributed by atoms with Crippen LogP contribution in [0.25, 0.3) is 5.76 Å². The number of nitrogens with zero attached hydrogens (tertiary/aromatic N) is 3. The van der Waals surface area contributed by atoms with E-state index in [1.54, 1.807) is 6.07 Å². The second kappa shape index (κ2) is 9.69. The number of Topliss-reactive ketones (excluding diaryl/α,β-unsaturated/α-hetero) is 1. The van der Waals surface area contributed by atoms with Crippen molar-refractivity contribution in [2.75, 3.05) is 26.2 Å². The second-order valence-corrected chi connectivity index (χ2v) is 7.34. The van der Waals surface area contributed by atoms with Crippen LogP contribution in [0.1, 0.15) is 31.0 Å². The van der Waals surface area contributed by atoms with Crippen LogP contribution in [-0.2, 0) is 9.59 Å². The Hall–Kier alpha value is -3.59. The summed E-state index contributed by atoms with van der Waals surface area (Å²) >= 11 is 0. The average molecular weight is 441 g/mol. The van der Waals surface area contributed by atoms with Crippen LogP contribution in [0.5, 0.6) is 0 Å². The molecule has 1 atom stereocenters. The zero-order valence-corrected chi connectivity index (χ0v) is 17.8. The van der Waals surface area contributed by atoms with Gasteiger partial charge in [-0.05, 0) is 31.3 Å². The van der Waals surface area contributed by atoms with Crippen LogP contribution >= 0.6 is 0 Å². The van der Waals surface area contributed by atoms with E-state index in [4.69, 9.17) is 0 Å². The van der Waals surface area contributed by atoms with E-state index in [1.165, 1.54) is 47.4 Å². The maximum atomic E-state index is 14.7. The lowest BCUT2D eigenvalue weighted by molar-refractivity contribution is -0.384. The van der Waals surface area contributed by atoms with Gasteiger partial charge in [-0.1, -0.05) is 32.0 Å². The second-order valence-electron chi connectivity index (χ2n) is 7.34. The lowest BCUT2D eigenvalue weighted by Gasteiger charge is -2.28. The summed E-state index contributed by atoms with van der Waals surface area (Å²) < 4.78 is 14.7. The maximum absolute atomic E-state index is 14.7. The molecule has 8 nitrogen and oxygen atoms in total. The van der Waals surface area contributed by atoms with Crippen molar-refractivity contribution < 1.29 is 24.0 Å². The molecule has 0 spiro atoms. The summed E-state index contributed by atoms with van der Waals surface area (Å²) in [5.41, 5.74) is -0.214. The zero-order valence-electron chi connectivity index (χ0n) is 17.8. The molecule has 0 aliphatic carbocycles. The lowest BCUT2D eigenvalue weighted by Crippen LogP contribution is -2.38. The van der Waals surface area contributed by atoms with Crippen molar-refractivity contribution in [3.8, 4) is 0 Å². The van der Waals surface area contributed by atoms with Crippen LogP contribution in [-0.4, -0.2) is 57.7 Å². The number of likely N-dealkylation sites (tertiary alicyclic amines) is 1. The number of hydrogen-bond acceptors (Lipinski definition) is 6. The molecule has 0 aromatic heterocycles. The van der Waals surface area contributed by atoms with Gasteiger partial charge in [0.25, 0.3) is 17.4 Å². The molecule has 0 radical (unpaired) electrons. The summed E-state index contributed by atoms with van der Waals surface area (Å²) in [5, 5.41) is 21.8. The summed E-state index contributed by atoms with van der Waals surface area (Å²) in [6.45, 7) is 6.08. The molecule has 32 heavy (non-hydrogen) atoms. The van der Waals surface area contributed by atoms with E-state index in [9.17, 15) is 29.2 Å². The number of non-ortho nitro benzene ring substituents is 1. The molecule has 2 aromatic rings. The summed E-state index contributed by atoms with van der Waals surface area (Å²) in [7, 11) is 0. The van der Waals surface area contributed by atoms with Crippen LogP contribution < -0.4 is 0 Å². The van der Waals surface area contributed by atoms with Gasteiger partial charge in [0, 0.05) is 36.3 Å². The SMILES string of the molecule is CCN(CC)CCN1C(=O)C(=O)C(=C(O)c2ccc([N+](=O)[O-])cc2)[C@H]1c1ccccc1F. The van der Waals surface area contributed by atoms with Crippen LogP contribution in [0, 0.1) is 15.9 Å². The standard InChI is InChI=1S/C23H24FN3O5/c1-3-25(4-2)13-14-26-20(17-7-5-6-8-18(17)24)19(22(29)23(26)30)21(28)15-9-11-16(12-10-15)27(31)32/h5-12,20,28H,3-4,13-14H2,1-2H3/t20-/m1/s1. The maximum Gasteiger partial charge on any atom is 0.295 e. The Labute approximate surface area is 184 Å². The fraction of sp³-hybridized carbons (Fsp3) is 0.304. The average Bonchev–Trinajstić information content (AvgIpc) is 3.04. The van der Waals surface area contributed by atoms with Gasteiger partial charge in [0.1, 0.15) is 11.6 Å². The smallest absolute Gasteiger partial charge is 0.295 e. The van der Waals surface area contributed by atoms with Crippen molar-refractivity contribution in [3.63, 3.8) is 0 Å². The van der Waals surface area contributed by atoms with Crippen molar-refractivity contribution in [1.29, 1.82) is 0 Å². The minimum atomic E-state index is -1.11. The molecule has 1 saturated heterocycles. The number of aliphatic hydroxyl groups excluding tert-OH is 1. The molecule has 9 heteroatoms. The molecular weight excluding hydrogens is 417 g/mol. The van der Waals surface area contributed by atoms with Crippen molar-refractivity contribution in [1.82, 2.24) is 9.80 Å². The van der Waals surface area contributed by atoms with E-state index in [-0.39, 0.29) is 28.9 Å². The highest BCUT2D eigenvalue weighted by molar-refractivity contribution is 6.46. The number of carbonyl (C=O) groups is 2. The molecule has 1 N–H and O–H groups in total. The monoisotopic (exact) mass is 441 g/mol. The highest BCUT2D eigenvalue weighted by Gasteiger charge is 2.46. The normalized spacial score (nSPS) is 17.9. The third kappa shape index (κ3) is 4.38. The molecule has 1 fully saturated rings. The Morgan fingerprint density at radius 1 is 1.12 bits per heavy atom. The summed E-state index contributed by atoms with van der Waals surface area (Å²) in [6, 6.07) is 9.62. The first-order chi connectivity index (χ1) is 15.3. The predicted octanol–water partition coefficient (Wildman–Crippen LogP) is 3.50. The minimum absolute atomic E-state index is 0.0923. The topological polar surface area (TPSA) is 104 Å². The number of amides is 1. The number of hydrogen-bond donors (Lipinski definition) is 1. The largest absolute Gasteiger partial charge is 0.507 e. The number of likely N-dealkylation sites (N-methyl/N-ethyl adjacent to an activating group) is 1. The van der Waals surface area contributed by atoms with E-state index < -0.39 is 34.2 Å². The van der Waals surface area contributed by atoms with Gasteiger partial charge in [-0.15, -0.1) is 0 Å². The zero-order chi connectivity index (χ0) is 23.4. The molecule has 0 unspecified atom stereocenters. The van der Waals surface area contributed by atoms with E-state index >= 15 is 0 Å². The molecule has 1 amide bonds. The fourth-order valence-electron chi connectivity index (χ4n) is 3.82. The molecule has 168 valence electrons. The number of nitro benzene ring substituents is 1. The summed E-state index contributed by atoms with van der Waals surface area (Å²) in [4.78, 5) is 39.5. The quantitative estimate of drug-likeness (QED) is 0.221. The van der Waals surface area contributed by atoms with Crippen LogP contribution in [0.4, 0.5) is 10.1 Å². The van der Waals surface area contributed by atoms with Crippen molar-refractivity contribution >= 4 is 23.1 Å². The third-order valence-corrected chi connectivity index (χ3v) is 5.64. The number of rotatable bonds is 8. The fourth-order valence-corrected chi connectivity index (χ4v) is 3.82. The lowest BCUT2D eigenvalue weighted by atomic mass is 9.95. The summed E-state index contributed by atoms with van der Waals surface area (Å²) in [6.07, 6.45) is 0. The molecule has 0 bridgehead atoms. The Morgan fingerprint density at radius 2 is 1.75 bits per heavy atom. The first-order valence-corrected chi connectivity index (χ1v) is 10.3. The number of nitro groups is 1. The van der Waals surface area contributed by atoms with Crippen molar-refractivity contribution in [2.24, 2.45) is 0 Å². The van der Waals surface area contributed by atoms with Gasteiger partial charge in [-0.2, -0.15) is 0 Å². The van der Waals surface area contributed by atoms with Crippen molar-refractivity contribution in [3.05, 3.63) is 81.2 Å². The van der Waals surface area contributed by atoms with Crippen molar-refractivity contribution in [2.45, 2.75) is 19.9 Å². The minimum Gasteiger partial charge on any atom is -0.507 e. The first-order valence-electron chi connectivity index (χ1n) is 10.3. The highest BCUT2D eigenvalue weighted by atomic mass is 19.1. The number of benzene rings is 2. The summed E-state index contributed by atoms with van der Waals surface area (Å²) in [5.74, 6) is -2.86. The van der Waals surface area contributed by atoms with Gasteiger partial charge in [0.2, 0.25) is 0 Å². The molecule has 1 aliphatic rings. The molecular formula is C23H24FN3O5. The van der Waals surface area contributed by atoms with Crippen LogP contribution in [0.2, 0.25) is 0 Å². The van der Waals surface area contributed by atoms with Gasteiger partial charge >= 0.3 is 0 Å². The van der Waals surface area contributed by atoms with Crippen LogP contribution in [0.3, 0.4) is 0 Å². The van der Waals surface area contributed by atoms with E-state index in [1.807, 2.05) is 13.8 Å². The number of ketones is 1. The molecule has 1 aliphatic heterocycles. The van der Waals surface area contributed by atoms with Gasteiger partial charge in [0.05, 0.1) is 16.5 Å². The van der Waals surface area contributed by atoms with E-state index in [2.05, 4.69) is 4.90 Å². The van der Waals surface area contributed by atoms with Gasteiger partial charge in [0.15, 0.2) is 0 Å². The Balaban J connectivity index is 2.11. The Bertz CT molecular complexity index is 1060. The van der Waals surface area contributed by atoms with E-state index in [0.29, 0.717) is 6.54 Å². The predicted molar refractivity (Wildman–Crippen MR) is 116 cm³/mol. The highest BCUT2D eigenvalue weighted by Crippen LogP contribution is 2.40. The number of halogens is 1. The molecule has 3 rings (SSSR count).